The topological polar surface area (TPSA) is 32.3 Å². The maximum atomic E-state index is 12.3. The molecule has 0 saturated carbocycles. The molecule has 0 aliphatic carbocycles. The van der Waals surface area contributed by atoms with Crippen LogP contribution in [0.1, 0.15) is 17.5 Å². The number of fused-ring (bicyclic) bond motifs is 1. The summed E-state index contributed by atoms with van der Waals surface area (Å²) in [4.78, 5) is 14.4. The maximum absolute atomic E-state index is 12.3. The van der Waals surface area contributed by atoms with Crippen LogP contribution in [0, 0.1) is 12.8 Å². The molecule has 2 atom stereocenters. The van der Waals surface area contributed by atoms with Gasteiger partial charge >= 0.3 is 0 Å². The SMILES string of the molecule is Cc1ccc(CC(=O)N2CC[C@H]3CNC[C@H]32)cc1. The lowest BCUT2D eigenvalue weighted by Crippen LogP contribution is -2.39. The van der Waals surface area contributed by atoms with Crippen molar-refractivity contribution in [2.45, 2.75) is 25.8 Å². The average Bonchev–Trinajstić information content (AvgIpc) is 2.93. The minimum absolute atomic E-state index is 0.287. The standard InChI is InChI=1S/C15H20N2O/c1-11-2-4-12(5-3-11)8-15(18)17-7-6-13-9-16-10-14(13)17/h2-5,13-14,16H,6-10H2,1H3/t13-,14+/m0/s1. The van der Waals surface area contributed by atoms with Gasteiger partial charge in [0.05, 0.1) is 6.42 Å². The molecule has 2 heterocycles. The molecular formula is C15H20N2O. The summed E-state index contributed by atoms with van der Waals surface area (Å²) in [6, 6.07) is 8.73. The number of rotatable bonds is 2. The molecule has 2 fully saturated rings. The second-order valence-corrected chi connectivity index (χ2v) is 5.52. The molecule has 0 unspecified atom stereocenters. The van der Waals surface area contributed by atoms with Crippen molar-refractivity contribution in [3.8, 4) is 0 Å². The first-order chi connectivity index (χ1) is 8.74. The van der Waals surface area contributed by atoms with Crippen LogP contribution < -0.4 is 5.32 Å². The molecule has 3 nitrogen and oxygen atoms in total. The van der Waals surface area contributed by atoms with E-state index < -0.39 is 0 Å². The third-order valence-corrected chi connectivity index (χ3v) is 4.24. The van der Waals surface area contributed by atoms with Crippen LogP contribution in [0.15, 0.2) is 24.3 Å². The van der Waals surface area contributed by atoms with E-state index in [-0.39, 0.29) is 5.91 Å². The van der Waals surface area contributed by atoms with E-state index in [2.05, 4.69) is 41.4 Å². The van der Waals surface area contributed by atoms with Gasteiger partial charge in [-0.1, -0.05) is 29.8 Å². The molecule has 0 aromatic heterocycles. The number of amides is 1. The molecule has 2 saturated heterocycles. The fourth-order valence-electron chi connectivity index (χ4n) is 3.14. The summed E-state index contributed by atoms with van der Waals surface area (Å²) < 4.78 is 0. The zero-order valence-corrected chi connectivity index (χ0v) is 10.9. The van der Waals surface area contributed by atoms with Gasteiger partial charge in [0.2, 0.25) is 5.91 Å². The lowest BCUT2D eigenvalue weighted by molar-refractivity contribution is -0.131. The summed E-state index contributed by atoms with van der Waals surface area (Å²) in [7, 11) is 0. The Labute approximate surface area is 108 Å². The zero-order chi connectivity index (χ0) is 12.5. The normalized spacial score (nSPS) is 26.4. The van der Waals surface area contributed by atoms with Crippen LogP contribution in [-0.4, -0.2) is 36.5 Å². The van der Waals surface area contributed by atoms with E-state index in [4.69, 9.17) is 0 Å². The van der Waals surface area contributed by atoms with E-state index in [0.29, 0.717) is 18.4 Å². The number of nitrogens with zero attached hydrogens (tertiary/aromatic N) is 1. The molecule has 1 aromatic carbocycles. The average molecular weight is 244 g/mol. The van der Waals surface area contributed by atoms with E-state index in [1.54, 1.807) is 0 Å². The van der Waals surface area contributed by atoms with Crippen molar-refractivity contribution in [2.24, 2.45) is 5.92 Å². The molecule has 1 N–H and O–H groups in total. The Morgan fingerprint density at radius 2 is 2.11 bits per heavy atom. The Morgan fingerprint density at radius 1 is 1.33 bits per heavy atom. The van der Waals surface area contributed by atoms with Crippen molar-refractivity contribution in [2.75, 3.05) is 19.6 Å². The molecule has 96 valence electrons. The molecule has 2 aliphatic heterocycles. The summed E-state index contributed by atoms with van der Waals surface area (Å²) in [5.41, 5.74) is 2.37. The first-order valence-corrected chi connectivity index (χ1v) is 6.80. The zero-order valence-electron chi connectivity index (χ0n) is 10.9. The smallest absolute Gasteiger partial charge is 0.227 e. The van der Waals surface area contributed by atoms with Crippen molar-refractivity contribution in [1.82, 2.24) is 10.2 Å². The largest absolute Gasteiger partial charge is 0.338 e. The van der Waals surface area contributed by atoms with Gasteiger partial charge in [0.1, 0.15) is 0 Å². The van der Waals surface area contributed by atoms with Gasteiger partial charge in [-0.05, 0) is 24.8 Å². The van der Waals surface area contributed by atoms with E-state index >= 15 is 0 Å². The van der Waals surface area contributed by atoms with Gasteiger partial charge in [0.15, 0.2) is 0 Å². The Balaban J connectivity index is 1.66. The quantitative estimate of drug-likeness (QED) is 0.852. The number of likely N-dealkylation sites (tertiary alicyclic amines) is 1. The number of carbonyl (C=O) groups is 1. The van der Waals surface area contributed by atoms with Gasteiger partial charge in [-0.3, -0.25) is 4.79 Å². The van der Waals surface area contributed by atoms with Gasteiger partial charge in [0.25, 0.3) is 0 Å². The first kappa shape index (κ1) is 11.7. The summed E-state index contributed by atoms with van der Waals surface area (Å²) in [6.07, 6.45) is 1.71. The van der Waals surface area contributed by atoms with Crippen LogP contribution >= 0.6 is 0 Å². The number of aryl methyl sites for hydroxylation is 1. The van der Waals surface area contributed by atoms with Crippen LogP contribution in [0.5, 0.6) is 0 Å². The Bertz CT molecular complexity index is 440. The van der Waals surface area contributed by atoms with Crippen molar-refractivity contribution in [3.63, 3.8) is 0 Å². The maximum Gasteiger partial charge on any atom is 0.227 e. The van der Waals surface area contributed by atoms with Crippen LogP contribution in [0.25, 0.3) is 0 Å². The fourth-order valence-corrected chi connectivity index (χ4v) is 3.14. The van der Waals surface area contributed by atoms with Crippen molar-refractivity contribution in [3.05, 3.63) is 35.4 Å². The summed E-state index contributed by atoms with van der Waals surface area (Å²) in [6.45, 7) is 5.08. The Hall–Kier alpha value is -1.35. The highest BCUT2D eigenvalue weighted by atomic mass is 16.2. The van der Waals surface area contributed by atoms with Gasteiger partial charge in [-0.15, -0.1) is 0 Å². The van der Waals surface area contributed by atoms with Gasteiger partial charge in [0, 0.05) is 25.7 Å². The summed E-state index contributed by atoms with van der Waals surface area (Å²) in [5, 5.41) is 3.39. The van der Waals surface area contributed by atoms with E-state index in [1.165, 1.54) is 5.56 Å². The van der Waals surface area contributed by atoms with Gasteiger partial charge in [-0.25, -0.2) is 0 Å². The van der Waals surface area contributed by atoms with Crippen LogP contribution in [-0.2, 0) is 11.2 Å². The lowest BCUT2D eigenvalue weighted by atomic mass is 10.0. The van der Waals surface area contributed by atoms with Gasteiger partial charge in [-0.2, -0.15) is 0 Å². The lowest BCUT2D eigenvalue weighted by Gasteiger charge is -2.23. The molecular weight excluding hydrogens is 224 g/mol. The minimum Gasteiger partial charge on any atom is -0.338 e. The highest BCUT2D eigenvalue weighted by Gasteiger charge is 2.39. The predicted molar refractivity (Wildman–Crippen MR) is 71.4 cm³/mol. The van der Waals surface area contributed by atoms with Crippen LogP contribution in [0.2, 0.25) is 0 Å². The number of carbonyl (C=O) groups excluding carboxylic acids is 1. The van der Waals surface area contributed by atoms with Crippen molar-refractivity contribution in [1.29, 1.82) is 0 Å². The van der Waals surface area contributed by atoms with E-state index in [0.717, 1.165) is 31.6 Å². The van der Waals surface area contributed by atoms with Crippen LogP contribution in [0.4, 0.5) is 0 Å². The summed E-state index contributed by atoms with van der Waals surface area (Å²) in [5.74, 6) is 0.974. The molecule has 18 heavy (non-hydrogen) atoms. The summed E-state index contributed by atoms with van der Waals surface area (Å²) >= 11 is 0. The van der Waals surface area contributed by atoms with Crippen molar-refractivity contribution < 1.29 is 4.79 Å². The first-order valence-electron chi connectivity index (χ1n) is 6.80. The molecule has 0 radical (unpaired) electrons. The third-order valence-electron chi connectivity index (χ3n) is 4.24. The molecule has 0 spiro atoms. The minimum atomic E-state index is 0.287. The highest BCUT2D eigenvalue weighted by Crippen LogP contribution is 2.27. The van der Waals surface area contributed by atoms with Crippen LogP contribution in [0.3, 0.4) is 0 Å². The molecule has 2 aliphatic rings. The Kier molecular flexibility index (Phi) is 3.08. The molecule has 0 bridgehead atoms. The van der Waals surface area contributed by atoms with E-state index in [1.807, 2.05) is 0 Å². The van der Waals surface area contributed by atoms with E-state index in [9.17, 15) is 4.79 Å². The number of benzene rings is 1. The molecule has 1 aromatic rings. The number of nitrogens with one attached hydrogen (secondary N) is 1. The molecule has 3 rings (SSSR count). The molecule has 3 heteroatoms. The Morgan fingerprint density at radius 3 is 2.89 bits per heavy atom. The molecule has 1 amide bonds. The predicted octanol–water partition coefficient (Wildman–Crippen LogP) is 1.36. The second kappa shape index (κ2) is 4.73. The monoisotopic (exact) mass is 244 g/mol. The third kappa shape index (κ3) is 2.15. The highest BCUT2D eigenvalue weighted by molar-refractivity contribution is 5.79. The van der Waals surface area contributed by atoms with Crippen molar-refractivity contribution >= 4 is 5.91 Å². The number of hydrogen-bond acceptors (Lipinski definition) is 2. The fraction of sp³-hybridized carbons (Fsp3) is 0.533. The number of hydrogen-bond donors (Lipinski definition) is 1. The van der Waals surface area contributed by atoms with Gasteiger partial charge < -0.3 is 10.2 Å². The second-order valence-electron chi connectivity index (χ2n) is 5.52.